The van der Waals surface area contributed by atoms with E-state index in [2.05, 4.69) is 22.6 Å². The van der Waals surface area contributed by atoms with Gasteiger partial charge in [0.1, 0.15) is 0 Å². The molecule has 0 radical (unpaired) electrons. The molecule has 0 bridgehead atoms. The first-order valence-corrected chi connectivity index (χ1v) is 9.14. The van der Waals surface area contributed by atoms with Gasteiger partial charge < -0.3 is 9.64 Å². The van der Waals surface area contributed by atoms with Crippen LogP contribution in [0.25, 0.3) is 0 Å². The molecule has 7 heteroatoms. The summed E-state index contributed by atoms with van der Waals surface area (Å²) in [5.41, 5.74) is 0.636. The number of methoxy groups -OCH3 is 1. The molecule has 2 fully saturated rings. The molecule has 2 heterocycles. The van der Waals surface area contributed by atoms with Crippen LogP contribution in [-0.4, -0.2) is 44.0 Å². The first-order chi connectivity index (χ1) is 11.5. The number of hydrogen-bond acceptors (Lipinski definition) is 4. The Balaban J connectivity index is 1.68. The summed E-state index contributed by atoms with van der Waals surface area (Å²) in [6, 6.07) is 7.05. The predicted octanol–water partition coefficient (Wildman–Crippen LogP) is 0.391. The molecule has 128 valence electrons. The molecular weight excluding hydrogens is 423 g/mol. The van der Waals surface area contributed by atoms with Crippen LogP contribution in [0.4, 0.5) is 5.69 Å². The number of amides is 2. The molecule has 2 aliphatic rings. The minimum Gasteiger partial charge on any atom is -0.469 e. The summed E-state index contributed by atoms with van der Waals surface area (Å²) >= 11 is 2.19. The van der Waals surface area contributed by atoms with Crippen molar-refractivity contribution < 1.29 is 24.0 Å². The zero-order valence-electron chi connectivity index (χ0n) is 13.5. The number of carbonyl (C=O) groups is 3. The molecule has 3 rings (SSSR count). The van der Waals surface area contributed by atoms with Crippen LogP contribution in [-0.2, 0) is 19.1 Å². The van der Waals surface area contributed by atoms with Gasteiger partial charge in [0.25, 0.3) is 5.91 Å². The number of esters is 1. The number of anilines is 1. The van der Waals surface area contributed by atoms with E-state index in [0.29, 0.717) is 31.6 Å². The Hall–Kier alpha value is -1.48. The highest BCUT2D eigenvalue weighted by atomic mass is 127. The predicted molar refractivity (Wildman–Crippen MR) is 95.5 cm³/mol. The lowest BCUT2D eigenvalue weighted by molar-refractivity contribution is -0.920. The third-order valence-electron chi connectivity index (χ3n) is 4.89. The maximum absolute atomic E-state index is 12.8. The van der Waals surface area contributed by atoms with E-state index >= 15 is 0 Å². The molecule has 0 aliphatic carbocycles. The Kier molecular flexibility index (Phi) is 5.19. The van der Waals surface area contributed by atoms with Gasteiger partial charge in [-0.2, -0.15) is 0 Å². The molecule has 1 aromatic rings. The van der Waals surface area contributed by atoms with E-state index in [1.807, 2.05) is 12.1 Å². The Morgan fingerprint density at radius 3 is 2.42 bits per heavy atom. The monoisotopic (exact) mass is 443 g/mol. The average molecular weight is 443 g/mol. The van der Waals surface area contributed by atoms with Gasteiger partial charge >= 0.3 is 5.97 Å². The molecule has 2 aliphatic heterocycles. The van der Waals surface area contributed by atoms with Crippen LogP contribution in [0.1, 0.15) is 19.3 Å². The van der Waals surface area contributed by atoms with Crippen molar-refractivity contribution in [2.75, 3.05) is 25.1 Å². The number of nitrogens with zero attached hydrogens (tertiary/aromatic N) is 1. The fourth-order valence-corrected chi connectivity index (χ4v) is 3.91. The molecule has 2 saturated heterocycles. The van der Waals surface area contributed by atoms with Crippen molar-refractivity contribution in [1.29, 1.82) is 0 Å². The zero-order chi connectivity index (χ0) is 17.3. The highest BCUT2D eigenvalue weighted by Gasteiger charge is 2.47. The lowest BCUT2D eigenvalue weighted by Gasteiger charge is -2.30. The molecule has 1 atom stereocenters. The fraction of sp³-hybridized carbons (Fsp3) is 0.471. The van der Waals surface area contributed by atoms with Crippen LogP contribution in [0.2, 0.25) is 0 Å². The summed E-state index contributed by atoms with van der Waals surface area (Å²) in [5, 5.41) is 0. The first-order valence-electron chi connectivity index (χ1n) is 8.06. The van der Waals surface area contributed by atoms with Crippen molar-refractivity contribution in [2.24, 2.45) is 5.92 Å². The smallest absolute Gasteiger partial charge is 0.309 e. The van der Waals surface area contributed by atoms with Crippen molar-refractivity contribution in [3.63, 3.8) is 0 Å². The van der Waals surface area contributed by atoms with Gasteiger partial charge in [0.05, 0.1) is 38.2 Å². The van der Waals surface area contributed by atoms with E-state index in [0.717, 1.165) is 8.47 Å². The Labute approximate surface area is 154 Å². The second-order valence-corrected chi connectivity index (χ2v) is 7.50. The molecule has 2 amide bonds. The molecule has 0 saturated carbocycles. The van der Waals surface area contributed by atoms with Crippen LogP contribution in [0.5, 0.6) is 0 Å². The van der Waals surface area contributed by atoms with Crippen molar-refractivity contribution in [3.8, 4) is 0 Å². The average Bonchev–Trinajstić information content (AvgIpc) is 2.90. The van der Waals surface area contributed by atoms with Crippen molar-refractivity contribution in [2.45, 2.75) is 25.3 Å². The largest absolute Gasteiger partial charge is 0.469 e. The maximum atomic E-state index is 12.8. The number of ether oxygens (including phenoxy) is 1. The van der Waals surface area contributed by atoms with Crippen LogP contribution in [0.15, 0.2) is 24.3 Å². The Morgan fingerprint density at radius 2 is 1.83 bits per heavy atom. The van der Waals surface area contributed by atoms with Crippen molar-refractivity contribution in [1.82, 2.24) is 0 Å². The lowest BCUT2D eigenvalue weighted by atomic mass is 9.95. The Bertz CT molecular complexity index is 653. The number of hydrogen-bond donors (Lipinski definition) is 1. The van der Waals surface area contributed by atoms with E-state index in [-0.39, 0.29) is 36.2 Å². The summed E-state index contributed by atoms with van der Waals surface area (Å²) < 4.78 is 5.85. The standard InChI is InChI=1S/C17H19IN2O4/c1-24-17(23)11-6-8-19(9-7-11)14-10-15(21)20(16(14)22)13-4-2-12(18)3-5-13/h2-5,11,14H,6-10H2,1H3/p+1/t14-/m0/s1. The lowest BCUT2D eigenvalue weighted by Crippen LogP contribution is -3.17. The summed E-state index contributed by atoms with van der Waals surface area (Å²) in [7, 11) is 1.40. The molecule has 0 unspecified atom stereocenters. The number of quaternary nitrogens is 1. The third-order valence-corrected chi connectivity index (χ3v) is 5.61. The molecule has 0 aromatic heterocycles. The van der Waals surface area contributed by atoms with Gasteiger partial charge in [-0.3, -0.25) is 14.4 Å². The van der Waals surface area contributed by atoms with Crippen LogP contribution in [0, 0.1) is 9.49 Å². The number of imide groups is 1. The van der Waals surface area contributed by atoms with Gasteiger partial charge in [-0.05, 0) is 46.9 Å². The number of rotatable bonds is 3. The maximum Gasteiger partial charge on any atom is 0.309 e. The SMILES string of the molecule is COC(=O)C1CC[NH+]([C@H]2CC(=O)N(c3ccc(I)cc3)C2=O)CC1. The third kappa shape index (κ3) is 3.32. The number of piperidine rings is 1. The fourth-order valence-electron chi connectivity index (χ4n) is 3.55. The minimum absolute atomic E-state index is 0.0849. The topological polar surface area (TPSA) is 68.1 Å². The summed E-state index contributed by atoms with van der Waals surface area (Å²) in [5.74, 6) is -0.539. The minimum atomic E-state index is -0.338. The van der Waals surface area contributed by atoms with Gasteiger partial charge in [0, 0.05) is 16.4 Å². The van der Waals surface area contributed by atoms with Crippen LogP contribution < -0.4 is 9.80 Å². The molecule has 1 aromatic carbocycles. The van der Waals surface area contributed by atoms with Crippen molar-refractivity contribution >= 4 is 46.1 Å². The normalized spacial score (nSPS) is 27.4. The quantitative estimate of drug-likeness (QED) is 0.417. The van der Waals surface area contributed by atoms with E-state index in [1.165, 1.54) is 12.0 Å². The number of likely N-dealkylation sites (tertiary alicyclic amines) is 1. The van der Waals surface area contributed by atoms with Crippen LogP contribution >= 0.6 is 22.6 Å². The second-order valence-electron chi connectivity index (χ2n) is 6.26. The second kappa shape index (κ2) is 7.18. The summed E-state index contributed by atoms with van der Waals surface area (Å²) in [6.45, 7) is 1.42. The van der Waals surface area contributed by atoms with Crippen LogP contribution in [0.3, 0.4) is 0 Å². The summed E-state index contributed by atoms with van der Waals surface area (Å²) in [6.07, 6.45) is 1.63. The van der Waals surface area contributed by atoms with Gasteiger partial charge in [-0.25, -0.2) is 4.90 Å². The number of halogens is 1. The highest BCUT2D eigenvalue weighted by Crippen LogP contribution is 2.23. The zero-order valence-corrected chi connectivity index (χ0v) is 15.6. The molecule has 6 nitrogen and oxygen atoms in total. The Morgan fingerprint density at radius 1 is 1.21 bits per heavy atom. The first kappa shape index (κ1) is 17.3. The van der Waals surface area contributed by atoms with E-state index in [4.69, 9.17) is 4.74 Å². The van der Waals surface area contributed by atoms with Gasteiger partial charge in [0.15, 0.2) is 6.04 Å². The molecule has 24 heavy (non-hydrogen) atoms. The molecule has 1 N–H and O–H groups in total. The van der Waals surface area contributed by atoms with Gasteiger partial charge in [-0.15, -0.1) is 0 Å². The molecule has 0 spiro atoms. The van der Waals surface area contributed by atoms with E-state index in [9.17, 15) is 14.4 Å². The van der Waals surface area contributed by atoms with Gasteiger partial charge in [-0.1, -0.05) is 0 Å². The number of carbonyl (C=O) groups excluding carboxylic acids is 3. The number of benzene rings is 1. The number of nitrogens with one attached hydrogen (secondary N) is 1. The van der Waals surface area contributed by atoms with Gasteiger partial charge in [0.2, 0.25) is 5.91 Å². The molecular formula is C17H20IN2O4+. The van der Waals surface area contributed by atoms with E-state index < -0.39 is 0 Å². The summed E-state index contributed by atoms with van der Waals surface area (Å²) in [4.78, 5) is 39.1. The van der Waals surface area contributed by atoms with E-state index in [1.54, 1.807) is 12.1 Å². The van der Waals surface area contributed by atoms with Crippen molar-refractivity contribution in [3.05, 3.63) is 27.8 Å². The highest BCUT2D eigenvalue weighted by molar-refractivity contribution is 14.1.